The largest absolute Gasteiger partial charge is 0.339 e. The third-order valence-corrected chi connectivity index (χ3v) is 7.09. The maximum absolute atomic E-state index is 6.09. The molecule has 3 aromatic carbocycles. The summed E-state index contributed by atoms with van der Waals surface area (Å²) in [6, 6.07) is 29.4. The monoisotopic (exact) mass is 471 g/mol. The van der Waals surface area contributed by atoms with Crippen molar-refractivity contribution >= 4 is 11.6 Å². The van der Waals surface area contributed by atoms with E-state index < -0.39 is 0 Å². The average Bonchev–Trinajstić information content (AvgIpc) is 3.35. The molecule has 4 aromatic rings. The number of rotatable bonds is 8. The van der Waals surface area contributed by atoms with Gasteiger partial charge in [-0.15, -0.1) is 0 Å². The molecule has 0 N–H and O–H groups in total. The van der Waals surface area contributed by atoms with Gasteiger partial charge >= 0.3 is 0 Å². The third kappa shape index (κ3) is 5.75. The highest BCUT2D eigenvalue weighted by Crippen LogP contribution is 2.29. The number of hydrogen-bond acceptors (Lipinski definition) is 4. The predicted octanol–water partition coefficient (Wildman–Crippen LogP) is 6.87. The fourth-order valence-corrected chi connectivity index (χ4v) is 5.14. The molecule has 1 aliphatic heterocycles. The van der Waals surface area contributed by atoms with Gasteiger partial charge in [0.2, 0.25) is 11.7 Å². The molecule has 4 nitrogen and oxygen atoms in total. The number of halogens is 1. The Morgan fingerprint density at radius 1 is 0.882 bits per heavy atom. The van der Waals surface area contributed by atoms with Gasteiger partial charge in [-0.2, -0.15) is 4.98 Å². The minimum Gasteiger partial charge on any atom is -0.339 e. The summed E-state index contributed by atoms with van der Waals surface area (Å²) < 4.78 is 5.55. The van der Waals surface area contributed by atoms with Gasteiger partial charge in [0, 0.05) is 22.9 Å². The fraction of sp³-hybridized carbons (Fsp3) is 0.310. The molecule has 0 aliphatic carbocycles. The van der Waals surface area contributed by atoms with Crippen molar-refractivity contribution in [3.63, 3.8) is 0 Å². The van der Waals surface area contributed by atoms with E-state index in [4.69, 9.17) is 16.1 Å². The maximum Gasteiger partial charge on any atom is 0.227 e. The second-order valence-electron chi connectivity index (χ2n) is 9.17. The van der Waals surface area contributed by atoms with Crippen LogP contribution in [-0.4, -0.2) is 34.7 Å². The van der Waals surface area contributed by atoms with E-state index >= 15 is 0 Å². The lowest BCUT2D eigenvalue weighted by Gasteiger charge is -2.32. The molecule has 2 heterocycles. The van der Waals surface area contributed by atoms with Crippen LogP contribution in [0.5, 0.6) is 0 Å². The van der Waals surface area contributed by atoms with Crippen molar-refractivity contribution in [1.82, 2.24) is 15.0 Å². The molecule has 0 saturated carbocycles. The first kappa shape index (κ1) is 22.8. The lowest BCUT2D eigenvalue weighted by molar-refractivity contribution is 0.174. The molecule has 0 radical (unpaired) electrons. The number of piperidine rings is 1. The van der Waals surface area contributed by atoms with E-state index in [2.05, 4.69) is 75.7 Å². The number of aromatic nitrogens is 2. The molecular formula is C29H30ClN3O. The molecule has 34 heavy (non-hydrogen) atoms. The van der Waals surface area contributed by atoms with Crippen molar-refractivity contribution < 1.29 is 4.52 Å². The van der Waals surface area contributed by atoms with Crippen LogP contribution < -0.4 is 0 Å². The van der Waals surface area contributed by atoms with Crippen molar-refractivity contribution in [1.29, 1.82) is 0 Å². The van der Waals surface area contributed by atoms with Crippen LogP contribution in [0.1, 0.15) is 42.2 Å². The Labute approximate surface area is 206 Å². The van der Waals surface area contributed by atoms with E-state index in [9.17, 15) is 0 Å². The Bertz CT molecular complexity index is 1130. The highest BCUT2D eigenvalue weighted by atomic mass is 35.5. The van der Waals surface area contributed by atoms with Crippen molar-refractivity contribution in [3.05, 3.63) is 107 Å². The van der Waals surface area contributed by atoms with Crippen LogP contribution in [0.15, 0.2) is 89.5 Å². The van der Waals surface area contributed by atoms with E-state index in [1.165, 1.54) is 11.1 Å². The topological polar surface area (TPSA) is 42.2 Å². The highest BCUT2D eigenvalue weighted by molar-refractivity contribution is 6.30. The van der Waals surface area contributed by atoms with Gasteiger partial charge < -0.3 is 9.42 Å². The lowest BCUT2D eigenvalue weighted by atomic mass is 9.87. The zero-order chi connectivity index (χ0) is 23.2. The van der Waals surface area contributed by atoms with E-state index in [-0.39, 0.29) is 0 Å². The molecule has 1 aliphatic rings. The first-order valence-electron chi connectivity index (χ1n) is 12.2. The van der Waals surface area contributed by atoms with Gasteiger partial charge in [0.25, 0.3) is 0 Å². The Morgan fingerprint density at radius 3 is 2.21 bits per heavy atom. The van der Waals surface area contributed by atoms with Crippen LogP contribution in [0.25, 0.3) is 11.4 Å². The minimum absolute atomic E-state index is 0.434. The van der Waals surface area contributed by atoms with Gasteiger partial charge in [0.1, 0.15) is 0 Å². The first-order chi connectivity index (χ1) is 16.7. The summed E-state index contributed by atoms with van der Waals surface area (Å²) in [6.07, 6.45) is 4.30. The second-order valence-corrected chi connectivity index (χ2v) is 9.61. The number of benzene rings is 3. The fourth-order valence-electron chi connectivity index (χ4n) is 4.95. The Morgan fingerprint density at radius 2 is 1.56 bits per heavy atom. The summed E-state index contributed by atoms with van der Waals surface area (Å²) in [5.74, 6) is 2.36. The molecule has 5 rings (SSSR count). The summed E-state index contributed by atoms with van der Waals surface area (Å²) in [5, 5.41) is 4.84. The summed E-state index contributed by atoms with van der Waals surface area (Å²) in [6.45, 7) is 3.35. The molecule has 0 bridgehead atoms. The highest BCUT2D eigenvalue weighted by Gasteiger charge is 2.23. The summed E-state index contributed by atoms with van der Waals surface area (Å²) in [4.78, 5) is 7.22. The van der Waals surface area contributed by atoms with Crippen LogP contribution in [0, 0.1) is 5.92 Å². The van der Waals surface area contributed by atoms with Crippen molar-refractivity contribution in [2.45, 2.75) is 31.6 Å². The van der Waals surface area contributed by atoms with E-state index in [1.54, 1.807) is 0 Å². The molecule has 174 valence electrons. The van der Waals surface area contributed by atoms with Gasteiger partial charge in [-0.25, -0.2) is 0 Å². The molecule has 5 heteroatoms. The molecule has 0 amide bonds. The van der Waals surface area contributed by atoms with Gasteiger partial charge in [0.15, 0.2) is 0 Å². The Hall–Kier alpha value is -2.95. The molecule has 0 unspecified atom stereocenters. The van der Waals surface area contributed by atoms with Crippen LogP contribution in [-0.2, 0) is 6.42 Å². The zero-order valence-electron chi connectivity index (χ0n) is 19.3. The number of likely N-dealkylation sites (tertiary alicyclic amines) is 1. The van der Waals surface area contributed by atoms with E-state index in [1.807, 2.05) is 24.3 Å². The smallest absolute Gasteiger partial charge is 0.227 e. The van der Waals surface area contributed by atoms with Crippen LogP contribution in [0.2, 0.25) is 5.02 Å². The van der Waals surface area contributed by atoms with Crippen molar-refractivity contribution in [2.24, 2.45) is 5.92 Å². The number of hydrogen-bond donors (Lipinski definition) is 0. The standard InChI is InChI=1S/C29H30ClN3O/c30-26-13-7-12-25(21-26)29-31-28(34-32-29)20-22-14-17-33(18-15-22)19-16-27(23-8-3-1-4-9-23)24-10-5-2-6-11-24/h1-13,21-22,27H,14-20H2. The SMILES string of the molecule is Clc1cccc(-c2noc(CC3CCN(CCC(c4ccccc4)c4ccccc4)CC3)n2)c1. The van der Waals surface area contributed by atoms with E-state index in [0.717, 1.165) is 56.8 Å². The Balaban J connectivity index is 1.14. The quantitative estimate of drug-likeness (QED) is 0.281. The summed E-state index contributed by atoms with van der Waals surface area (Å²) >= 11 is 6.09. The van der Waals surface area contributed by atoms with Gasteiger partial charge in [-0.05, 0) is 68.1 Å². The van der Waals surface area contributed by atoms with Crippen molar-refractivity contribution in [3.8, 4) is 11.4 Å². The van der Waals surface area contributed by atoms with Crippen LogP contribution in [0.3, 0.4) is 0 Å². The lowest BCUT2D eigenvalue weighted by Crippen LogP contribution is -2.35. The predicted molar refractivity (Wildman–Crippen MR) is 137 cm³/mol. The second kappa shape index (κ2) is 11.0. The molecule has 0 spiro atoms. The zero-order valence-corrected chi connectivity index (χ0v) is 20.1. The third-order valence-electron chi connectivity index (χ3n) is 6.86. The number of nitrogens with zero attached hydrogens (tertiary/aromatic N) is 3. The summed E-state index contributed by atoms with van der Waals surface area (Å²) in [7, 11) is 0. The maximum atomic E-state index is 6.09. The summed E-state index contributed by atoms with van der Waals surface area (Å²) in [5.41, 5.74) is 3.69. The molecule has 1 fully saturated rings. The Kier molecular flexibility index (Phi) is 7.37. The molecule has 1 aromatic heterocycles. The van der Waals surface area contributed by atoms with E-state index in [0.29, 0.717) is 22.7 Å². The van der Waals surface area contributed by atoms with Crippen LogP contribution >= 0.6 is 11.6 Å². The molecular weight excluding hydrogens is 442 g/mol. The molecule has 1 saturated heterocycles. The average molecular weight is 472 g/mol. The first-order valence-corrected chi connectivity index (χ1v) is 12.5. The normalized spacial score (nSPS) is 15.1. The van der Waals surface area contributed by atoms with Gasteiger partial charge in [0.05, 0.1) is 0 Å². The molecule has 0 atom stereocenters. The van der Waals surface area contributed by atoms with Gasteiger partial charge in [-0.3, -0.25) is 0 Å². The van der Waals surface area contributed by atoms with Gasteiger partial charge in [-0.1, -0.05) is 89.6 Å². The van der Waals surface area contributed by atoms with Crippen molar-refractivity contribution in [2.75, 3.05) is 19.6 Å². The van der Waals surface area contributed by atoms with Crippen LogP contribution in [0.4, 0.5) is 0 Å². The minimum atomic E-state index is 0.434.